The number of piperidine rings is 1. The van der Waals surface area contributed by atoms with Gasteiger partial charge in [0.05, 0.1) is 17.8 Å². The van der Waals surface area contributed by atoms with Gasteiger partial charge in [-0.3, -0.25) is 14.4 Å². The van der Waals surface area contributed by atoms with Gasteiger partial charge in [-0.1, -0.05) is 48.5 Å². The molecular weight excluding hydrogens is 602 g/mol. The van der Waals surface area contributed by atoms with E-state index in [0.29, 0.717) is 24.4 Å². The van der Waals surface area contributed by atoms with Crippen molar-refractivity contribution in [3.8, 4) is 0 Å². The monoisotopic (exact) mass is 632 g/mol. The number of rotatable bonds is 6. The molecular formula is C32H30F6N4O3. The van der Waals surface area contributed by atoms with Gasteiger partial charge in [0.1, 0.15) is 12.1 Å². The smallest absolute Gasteiger partial charge is 0.340 e. The summed E-state index contributed by atoms with van der Waals surface area (Å²) in [6.45, 7) is 0.0466. The van der Waals surface area contributed by atoms with Gasteiger partial charge >= 0.3 is 12.4 Å². The van der Waals surface area contributed by atoms with Crippen molar-refractivity contribution in [2.75, 3.05) is 38.3 Å². The average Bonchev–Trinajstić information content (AvgIpc) is 3.27. The fourth-order valence-corrected chi connectivity index (χ4v) is 5.89. The first-order valence-corrected chi connectivity index (χ1v) is 14.2. The zero-order valence-corrected chi connectivity index (χ0v) is 24.2. The number of likely N-dealkylation sites (N-methyl/N-ethyl adjacent to an activating group) is 1. The van der Waals surface area contributed by atoms with Crippen LogP contribution in [0.1, 0.15) is 39.9 Å². The summed E-state index contributed by atoms with van der Waals surface area (Å²) >= 11 is 0. The molecule has 3 amide bonds. The molecule has 2 aliphatic rings. The maximum atomic E-state index is 14.0. The van der Waals surface area contributed by atoms with Gasteiger partial charge in [-0.05, 0) is 48.7 Å². The Morgan fingerprint density at radius 2 is 1.36 bits per heavy atom. The fraction of sp³-hybridized carbons (Fsp3) is 0.344. The average molecular weight is 633 g/mol. The topological polar surface area (TPSA) is 64.2 Å². The number of halogens is 6. The largest absolute Gasteiger partial charge is 0.416 e. The van der Waals surface area contributed by atoms with Crippen LogP contribution < -0.4 is 4.90 Å². The normalized spacial score (nSPS) is 16.8. The van der Waals surface area contributed by atoms with E-state index < -0.39 is 40.5 Å². The first-order valence-electron chi connectivity index (χ1n) is 14.2. The summed E-state index contributed by atoms with van der Waals surface area (Å²) in [6.07, 6.45) is -10.1. The van der Waals surface area contributed by atoms with Crippen LogP contribution in [0.15, 0.2) is 78.9 Å². The van der Waals surface area contributed by atoms with E-state index in [1.54, 1.807) is 37.4 Å². The van der Waals surface area contributed by atoms with Gasteiger partial charge in [-0.2, -0.15) is 26.3 Å². The summed E-state index contributed by atoms with van der Waals surface area (Å²) in [7, 11) is 1.64. The molecule has 1 spiro atoms. The van der Waals surface area contributed by atoms with E-state index in [0.717, 1.165) is 5.56 Å². The molecule has 0 bridgehead atoms. The van der Waals surface area contributed by atoms with E-state index >= 15 is 0 Å². The highest BCUT2D eigenvalue weighted by molar-refractivity contribution is 5.98. The number of alkyl halides is 6. The molecule has 2 fully saturated rings. The molecule has 238 valence electrons. The molecule has 3 aromatic carbocycles. The third kappa shape index (κ3) is 6.62. The van der Waals surface area contributed by atoms with Gasteiger partial charge < -0.3 is 19.6 Å². The van der Waals surface area contributed by atoms with Gasteiger partial charge in [0.2, 0.25) is 5.91 Å². The van der Waals surface area contributed by atoms with Crippen LogP contribution in [-0.4, -0.2) is 71.3 Å². The van der Waals surface area contributed by atoms with Gasteiger partial charge in [0, 0.05) is 37.9 Å². The van der Waals surface area contributed by atoms with Crippen molar-refractivity contribution in [3.05, 3.63) is 101 Å². The number of nitrogens with zero attached hydrogens (tertiary/aromatic N) is 4. The summed E-state index contributed by atoms with van der Waals surface area (Å²) < 4.78 is 80.5. The number of likely N-dealkylation sites (tertiary alicyclic amines) is 1. The van der Waals surface area contributed by atoms with Crippen LogP contribution in [0.3, 0.4) is 0 Å². The predicted molar refractivity (Wildman–Crippen MR) is 153 cm³/mol. The Morgan fingerprint density at radius 3 is 1.89 bits per heavy atom. The highest BCUT2D eigenvalue weighted by Gasteiger charge is 2.54. The van der Waals surface area contributed by atoms with Crippen LogP contribution in [-0.2, 0) is 28.5 Å². The molecule has 45 heavy (non-hydrogen) atoms. The number of benzene rings is 3. The van der Waals surface area contributed by atoms with Crippen molar-refractivity contribution in [2.45, 2.75) is 37.3 Å². The van der Waals surface area contributed by atoms with Crippen molar-refractivity contribution in [1.82, 2.24) is 14.7 Å². The Morgan fingerprint density at radius 1 is 0.822 bits per heavy atom. The number of hydrogen-bond donors (Lipinski definition) is 0. The van der Waals surface area contributed by atoms with Gasteiger partial charge in [-0.25, -0.2) is 0 Å². The number of carbonyl (C=O) groups is 3. The minimum Gasteiger partial charge on any atom is -0.340 e. The second kappa shape index (κ2) is 12.1. The molecule has 0 aromatic heterocycles. The number of anilines is 1. The molecule has 0 atom stereocenters. The van der Waals surface area contributed by atoms with Crippen LogP contribution in [0.25, 0.3) is 0 Å². The zero-order chi connectivity index (χ0) is 32.6. The molecule has 2 heterocycles. The van der Waals surface area contributed by atoms with Crippen LogP contribution >= 0.6 is 0 Å². The summed E-state index contributed by atoms with van der Waals surface area (Å²) in [5.74, 6) is -1.61. The molecule has 0 aliphatic carbocycles. The molecule has 2 saturated heterocycles. The predicted octanol–water partition coefficient (Wildman–Crippen LogP) is 5.66. The Balaban J connectivity index is 1.36. The van der Waals surface area contributed by atoms with Crippen LogP contribution in [0, 0.1) is 0 Å². The number of hydrogen-bond acceptors (Lipinski definition) is 4. The second-order valence-electron chi connectivity index (χ2n) is 11.3. The molecule has 0 radical (unpaired) electrons. The Hall–Kier alpha value is -4.55. The van der Waals surface area contributed by atoms with Gasteiger partial charge in [0.25, 0.3) is 11.8 Å². The Bertz CT molecular complexity index is 1520. The van der Waals surface area contributed by atoms with Gasteiger partial charge in [-0.15, -0.1) is 0 Å². The van der Waals surface area contributed by atoms with E-state index in [1.807, 2.05) is 35.2 Å². The number of para-hydroxylation sites is 1. The maximum absolute atomic E-state index is 14.0. The number of carbonyl (C=O) groups excluding carboxylic acids is 3. The van der Waals surface area contributed by atoms with Crippen LogP contribution in [0.4, 0.5) is 32.0 Å². The van der Waals surface area contributed by atoms with Crippen molar-refractivity contribution in [2.24, 2.45) is 0 Å². The molecule has 0 unspecified atom stereocenters. The lowest BCUT2D eigenvalue weighted by atomic mass is 9.85. The van der Waals surface area contributed by atoms with Crippen molar-refractivity contribution < 1.29 is 40.7 Å². The van der Waals surface area contributed by atoms with E-state index in [-0.39, 0.29) is 57.0 Å². The maximum Gasteiger partial charge on any atom is 0.416 e. The first kappa shape index (κ1) is 31.9. The third-order valence-electron chi connectivity index (χ3n) is 8.31. The summed E-state index contributed by atoms with van der Waals surface area (Å²) in [5, 5.41) is 0. The van der Waals surface area contributed by atoms with E-state index in [1.165, 1.54) is 14.7 Å². The van der Waals surface area contributed by atoms with E-state index in [9.17, 15) is 40.7 Å². The standard InChI is InChI=1S/C32H30F6N4O3/c1-39(19-22-8-4-2-5-9-22)27(43)20-41-21-42(26-10-6-3-7-11-26)30(29(41)45)12-14-40(15-13-30)28(44)23-16-24(31(33,34)35)18-25(17-23)32(36,37)38/h2-11,16-18H,12-15,19-21H2,1H3. The quantitative estimate of drug-likeness (QED) is 0.329. The Kier molecular flexibility index (Phi) is 8.56. The fourth-order valence-electron chi connectivity index (χ4n) is 5.89. The zero-order valence-electron chi connectivity index (χ0n) is 24.2. The lowest BCUT2D eigenvalue weighted by molar-refractivity contribution is -0.143. The minimum atomic E-state index is -5.09. The minimum absolute atomic E-state index is 0.0237. The van der Waals surface area contributed by atoms with E-state index in [2.05, 4.69) is 0 Å². The third-order valence-corrected chi connectivity index (χ3v) is 8.31. The summed E-state index contributed by atoms with van der Waals surface area (Å²) in [6, 6.07) is 19.2. The highest BCUT2D eigenvalue weighted by Crippen LogP contribution is 2.41. The second-order valence-corrected chi connectivity index (χ2v) is 11.3. The summed E-state index contributed by atoms with van der Waals surface area (Å²) in [5.41, 5.74) is -3.43. The van der Waals surface area contributed by atoms with Crippen LogP contribution in [0.2, 0.25) is 0 Å². The molecule has 5 rings (SSSR count). The van der Waals surface area contributed by atoms with Gasteiger partial charge in [0.15, 0.2) is 0 Å². The summed E-state index contributed by atoms with van der Waals surface area (Å²) in [4.78, 5) is 46.4. The van der Waals surface area contributed by atoms with Crippen LogP contribution in [0.5, 0.6) is 0 Å². The molecule has 13 heteroatoms. The molecule has 2 aliphatic heterocycles. The molecule has 3 aromatic rings. The lowest BCUT2D eigenvalue weighted by Gasteiger charge is -2.43. The van der Waals surface area contributed by atoms with E-state index in [4.69, 9.17) is 0 Å². The first-order chi connectivity index (χ1) is 21.2. The van der Waals surface area contributed by atoms with Crippen molar-refractivity contribution >= 4 is 23.4 Å². The Labute approximate surface area is 255 Å². The van der Waals surface area contributed by atoms with Crippen molar-refractivity contribution in [3.63, 3.8) is 0 Å². The highest BCUT2D eigenvalue weighted by atomic mass is 19.4. The SMILES string of the molecule is CN(Cc1ccccc1)C(=O)CN1CN(c2ccccc2)C2(CCN(C(=O)c3cc(C(F)(F)F)cc(C(F)(F)F)c3)CC2)C1=O. The molecule has 7 nitrogen and oxygen atoms in total. The molecule has 0 N–H and O–H groups in total. The lowest BCUT2D eigenvalue weighted by Crippen LogP contribution is -2.57. The molecule has 0 saturated carbocycles. The van der Waals surface area contributed by atoms with Crippen molar-refractivity contribution in [1.29, 1.82) is 0 Å². The number of amides is 3.